The minimum atomic E-state index is -0.226. The molecule has 3 rings (SSSR count). The van der Waals surface area contributed by atoms with Crippen LogP contribution in [0.3, 0.4) is 0 Å². The number of rotatable bonds is 3. The Morgan fingerprint density at radius 1 is 1.09 bits per heavy atom. The van der Waals surface area contributed by atoms with Crippen molar-refractivity contribution >= 4 is 13.1 Å². The first kappa shape index (κ1) is 15.7. The average molecular weight is 303 g/mol. The van der Waals surface area contributed by atoms with Gasteiger partial charge in [-0.2, -0.15) is 0 Å². The molecule has 0 N–H and O–H groups in total. The fourth-order valence-corrected chi connectivity index (χ4v) is 3.16. The maximum atomic E-state index is 6.12. The monoisotopic (exact) mass is 303 g/mol. The normalized spacial score (nSPS) is 24.7. The number of hydrogen-bond acceptors (Lipinski definition) is 5. The number of piperidine rings is 1. The third-order valence-corrected chi connectivity index (χ3v) is 5.28. The van der Waals surface area contributed by atoms with Gasteiger partial charge in [0.1, 0.15) is 0 Å². The third-order valence-electron chi connectivity index (χ3n) is 5.28. The van der Waals surface area contributed by atoms with Crippen LogP contribution in [0.5, 0.6) is 0 Å². The van der Waals surface area contributed by atoms with Gasteiger partial charge in [-0.25, -0.2) is 9.97 Å². The van der Waals surface area contributed by atoms with Crippen molar-refractivity contribution in [1.29, 1.82) is 0 Å². The van der Waals surface area contributed by atoms with E-state index in [1.165, 1.54) is 0 Å². The van der Waals surface area contributed by atoms with Crippen LogP contribution < -0.4 is 4.90 Å². The molecular weight excluding hydrogens is 277 g/mol. The molecule has 22 heavy (non-hydrogen) atoms. The molecule has 0 bridgehead atoms. The Balaban J connectivity index is 1.51. The second-order valence-corrected chi connectivity index (χ2v) is 7.40. The number of hydrogen-bond donors (Lipinski definition) is 0. The van der Waals surface area contributed by atoms with Crippen molar-refractivity contribution < 1.29 is 9.31 Å². The zero-order valence-corrected chi connectivity index (χ0v) is 14.1. The summed E-state index contributed by atoms with van der Waals surface area (Å²) in [4.78, 5) is 10.9. The van der Waals surface area contributed by atoms with E-state index >= 15 is 0 Å². The molecule has 2 fully saturated rings. The fourth-order valence-electron chi connectivity index (χ4n) is 3.16. The summed E-state index contributed by atoms with van der Waals surface area (Å²) in [7, 11) is -0.0745. The van der Waals surface area contributed by atoms with E-state index in [0.717, 1.165) is 38.2 Å². The van der Waals surface area contributed by atoms with Gasteiger partial charge >= 0.3 is 7.12 Å². The predicted octanol–water partition coefficient (Wildman–Crippen LogP) is 2.79. The zero-order chi connectivity index (χ0) is 15.8. The minimum Gasteiger partial charge on any atom is -0.403 e. The van der Waals surface area contributed by atoms with Gasteiger partial charge in [0.2, 0.25) is 5.95 Å². The van der Waals surface area contributed by atoms with Crippen molar-refractivity contribution in [1.82, 2.24) is 9.97 Å². The van der Waals surface area contributed by atoms with E-state index < -0.39 is 0 Å². The standard InChI is InChI=1S/C16H26BN3O2/c1-15(2)16(3,4)22-17(21-15)12-13-6-10-20(11-7-13)14-18-8-5-9-19-14/h5,8-9,13H,6-7,10-12H2,1-4H3. The summed E-state index contributed by atoms with van der Waals surface area (Å²) >= 11 is 0. The second-order valence-electron chi connectivity index (χ2n) is 7.40. The molecule has 2 aliphatic rings. The highest BCUT2D eigenvalue weighted by Gasteiger charge is 2.51. The van der Waals surface area contributed by atoms with Crippen LogP contribution in [0.15, 0.2) is 18.5 Å². The maximum Gasteiger partial charge on any atom is 0.458 e. The van der Waals surface area contributed by atoms with E-state index in [2.05, 4.69) is 42.6 Å². The molecule has 0 saturated carbocycles. The van der Waals surface area contributed by atoms with Crippen LogP contribution in [-0.4, -0.2) is 41.4 Å². The largest absolute Gasteiger partial charge is 0.458 e. The Bertz CT molecular complexity index is 485. The molecule has 1 aromatic heterocycles. The molecule has 0 aliphatic carbocycles. The number of aromatic nitrogens is 2. The van der Waals surface area contributed by atoms with Gasteiger partial charge in [-0.05, 0) is 58.8 Å². The Kier molecular flexibility index (Phi) is 4.16. The molecule has 2 aliphatic heterocycles. The van der Waals surface area contributed by atoms with Crippen molar-refractivity contribution in [3.05, 3.63) is 18.5 Å². The van der Waals surface area contributed by atoms with Crippen molar-refractivity contribution in [3.8, 4) is 0 Å². The third kappa shape index (κ3) is 3.13. The fraction of sp³-hybridized carbons (Fsp3) is 0.750. The first-order valence-corrected chi connectivity index (χ1v) is 8.25. The van der Waals surface area contributed by atoms with Crippen LogP contribution in [0, 0.1) is 5.92 Å². The zero-order valence-electron chi connectivity index (χ0n) is 14.1. The first-order valence-electron chi connectivity index (χ1n) is 8.25. The van der Waals surface area contributed by atoms with Crippen molar-refractivity contribution in [2.75, 3.05) is 18.0 Å². The van der Waals surface area contributed by atoms with Gasteiger partial charge in [0.25, 0.3) is 0 Å². The Morgan fingerprint density at radius 2 is 1.64 bits per heavy atom. The van der Waals surface area contributed by atoms with E-state index in [-0.39, 0.29) is 18.3 Å². The lowest BCUT2D eigenvalue weighted by atomic mass is 9.74. The van der Waals surface area contributed by atoms with Crippen LogP contribution in [0.4, 0.5) is 5.95 Å². The molecule has 0 atom stereocenters. The highest BCUT2D eigenvalue weighted by molar-refractivity contribution is 6.45. The van der Waals surface area contributed by atoms with Gasteiger partial charge in [0, 0.05) is 25.5 Å². The summed E-state index contributed by atoms with van der Waals surface area (Å²) in [6.07, 6.45) is 6.87. The predicted molar refractivity (Wildman–Crippen MR) is 87.9 cm³/mol. The van der Waals surface area contributed by atoms with Crippen LogP contribution in [0.1, 0.15) is 40.5 Å². The Labute approximate surface area is 133 Å². The van der Waals surface area contributed by atoms with Crippen LogP contribution in [0.25, 0.3) is 0 Å². The SMILES string of the molecule is CC1(C)OB(CC2CCN(c3ncccn3)CC2)OC1(C)C. The highest BCUT2D eigenvalue weighted by Crippen LogP contribution is 2.39. The van der Waals surface area contributed by atoms with Gasteiger partial charge in [-0.1, -0.05) is 0 Å². The smallest absolute Gasteiger partial charge is 0.403 e. The molecule has 120 valence electrons. The number of nitrogens with zero attached hydrogens (tertiary/aromatic N) is 3. The summed E-state index contributed by atoms with van der Waals surface area (Å²) in [6.45, 7) is 10.5. The van der Waals surface area contributed by atoms with Crippen LogP contribution in [-0.2, 0) is 9.31 Å². The summed E-state index contributed by atoms with van der Waals surface area (Å²) in [5.41, 5.74) is -0.452. The van der Waals surface area contributed by atoms with Crippen molar-refractivity contribution in [3.63, 3.8) is 0 Å². The Morgan fingerprint density at radius 3 is 2.18 bits per heavy atom. The second kappa shape index (κ2) is 5.82. The lowest BCUT2D eigenvalue weighted by molar-refractivity contribution is 0.00578. The molecular formula is C16H26BN3O2. The number of anilines is 1. The molecule has 6 heteroatoms. The summed E-state index contributed by atoms with van der Waals surface area (Å²) < 4.78 is 12.2. The molecule has 0 radical (unpaired) electrons. The minimum absolute atomic E-state index is 0.0745. The molecule has 1 aromatic rings. The Hall–Kier alpha value is -1.14. The van der Waals surface area contributed by atoms with Gasteiger partial charge < -0.3 is 14.2 Å². The van der Waals surface area contributed by atoms with Crippen molar-refractivity contribution in [2.45, 2.75) is 58.1 Å². The molecule has 0 amide bonds. The van der Waals surface area contributed by atoms with E-state index in [0.29, 0.717) is 5.92 Å². The molecule has 3 heterocycles. The van der Waals surface area contributed by atoms with Gasteiger partial charge in [-0.3, -0.25) is 0 Å². The van der Waals surface area contributed by atoms with Crippen molar-refractivity contribution in [2.24, 2.45) is 5.92 Å². The lowest BCUT2D eigenvalue weighted by Crippen LogP contribution is -2.41. The highest BCUT2D eigenvalue weighted by atomic mass is 16.7. The lowest BCUT2D eigenvalue weighted by Gasteiger charge is -2.32. The molecule has 0 unspecified atom stereocenters. The molecule has 0 spiro atoms. The van der Waals surface area contributed by atoms with E-state index in [1.54, 1.807) is 12.4 Å². The van der Waals surface area contributed by atoms with E-state index in [1.807, 2.05) is 6.07 Å². The summed E-state index contributed by atoms with van der Waals surface area (Å²) in [6, 6.07) is 1.86. The summed E-state index contributed by atoms with van der Waals surface area (Å²) in [5, 5.41) is 0. The van der Waals surface area contributed by atoms with Gasteiger partial charge in [0.05, 0.1) is 11.2 Å². The van der Waals surface area contributed by atoms with E-state index in [4.69, 9.17) is 9.31 Å². The first-order chi connectivity index (χ1) is 10.4. The topological polar surface area (TPSA) is 47.5 Å². The van der Waals surface area contributed by atoms with Crippen LogP contribution in [0.2, 0.25) is 6.32 Å². The van der Waals surface area contributed by atoms with Gasteiger partial charge in [-0.15, -0.1) is 0 Å². The van der Waals surface area contributed by atoms with E-state index in [9.17, 15) is 0 Å². The summed E-state index contributed by atoms with van der Waals surface area (Å²) in [5.74, 6) is 1.49. The molecule has 2 saturated heterocycles. The van der Waals surface area contributed by atoms with Crippen LogP contribution >= 0.6 is 0 Å². The average Bonchev–Trinajstić information content (AvgIpc) is 2.68. The quantitative estimate of drug-likeness (QED) is 0.804. The maximum absolute atomic E-state index is 6.12. The molecule has 5 nitrogen and oxygen atoms in total. The van der Waals surface area contributed by atoms with Gasteiger partial charge in [0.15, 0.2) is 0 Å². The molecule has 0 aromatic carbocycles.